The van der Waals surface area contributed by atoms with Crippen LogP contribution in [-0.4, -0.2) is 9.97 Å². The van der Waals surface area contributed by atoms with Crippen LogP contribution in [0.25, 0.3) is 0 Å². The van der Waals surface area contributed by atoms with Crippen molar-refractivity contribution in [3.8, 4) is 0 Å². The first-order valence-corrected chi connectivity index (χ1v) is 7.10. The number of hydrogen-bond acceptors (Lipinski definition) is 6. The molecule has 0 saturated heterocycles. The number of nitrogens with one attached hydrogen (secondary N) is 2. The molecule has 102 valence electrons. The van der Waals surface area contributed by atoms with Crippen LogP contribution in [0, 0.1) is 12.8 Å². The number of nitrogens with zero attached hydrogens (tertiary/aromatic N) is 2. The molecule has 2 aromatic heterocycles. The van der Waals surface area contributed by atoms with Gasteiger partial charge in [0.25, 0.3) is 0 Å². The summed E-state index contributed by atoms with van der Waals surface area (Å²) in [6, 6.07) is 6.25. The van der Waals surface area contributed by atoms with Gasteiger partial charge < -0.3 is 10.7 Å². The lowest BCUT2D eigenvalue weighted by Gasteiger charge is -2.22. The molecule has 0 aliphatic heterocycles. The number of nitrogens with two attached hydrogens (primary N) is 1. The Morgan fingerprint density at radius 3 is 2.58 bits per heavy atom. The van der Waals surface area contributed by atoms with E-state index in [4.69, 9.17) is 5.84 Å². The molecule has 0 spiro atoms. The van der Waals surface area contributed by atoms with Gasteiger partial charge in [-0.05, 0) is 24.3 Å². The summed E-state index contributed by atoms with van der Waals surface area (Å²) in [6.07, 6.45) is 0. The second-order valence-corrected chi connectivity index (χ2v) is 5.69. The number of nitrogen functional groups attached to an aromatic ring is 1. The maximum atomic E-state index is 5.41. The van der Waals surface area contributed by atoms with Crippen LogP contribution in [0.15, 0.2) is 23.6 Å². The van der Waals surface area contributed by atoms with Crippen molar-refractivity contribution >= 4 is 23.0 Å². The van der Waals surface area contributed by atoms with Crippen molar-refractivity contribution in [1.82, 2.24) is 9.97 Å². The fraction of sp³-hybridized carbons (Fsp3) is 0.385. The lowest BCUT2D eigenvalue weighted by molar-refractivity contribution is 0.552. The Morgan fingerprint density at radius 2 is 2.00 bits per heavy atom. The molecule has 2 aromatic rings. The van der Waals surface area contributed by atoms with Gasteiger partial charge in [-0.3, -0.25) is 0 Å². The van der Waals surface area contributed by atoms with E-state index in [0.29, 0.717) is 17.6 Å². The minimum absolute atomic E-state index is 0.236. The first kappa shape index (κ1) is 13.8. The molecule has 4 N–H and O–H groups in total. The van der Waals surface area contributed by atoms with Crippen molar-refractivity contribution in [3.05, 3.63) is 34.3 Å². The van der Waals surface area contributed by atoms with E-state index in [0.717, 1.165) is 5.82 Å². The number of hydrogen-bond donors (Lipinski definition) is 3. The lowest BCUT2D eigenvalue weighted by atomic mass is 10.0. The summed E-state index contributed by atoms with van der Waals surface area (Å²) in [5.74, 6) is 7.95. The van der Waals surface area contributed by atoms with Crippen molar-refractivity contribution in [2.75, 3.05) is 10.7 Å². The van der Waals surface area contributed by atoms with Gasteiger partial charge in [0.15, 0.2) is 0 Å². The summed E-state index contributed by atoms with van der Waals surface area (Å²) in [4.78, 5) is 9.88. The molecule has 19 heavy (non-hydrogen) atoms. The van der Waals surface area contributed by atoms with E-state index in [-0.39, 0.29) is 6.04 Å². The molecule has 0 fully saturated rings. The second-order valence-electron chi connectivity index (χ2n) is 4.71. The lowest BCUT2D eigenvalue weighted by Crippen LogP contribution is -2.18. The van der Waals surface area contributed by atoms with Crippen LogP contribution in [0.5, 0.6) is 0 Å². The highest BCUT2D eigenvalue weighted by Crippen LogP contribution is 2.29. The first-order chi connectivity index (χ1) is 9.10. The minimum Gasteiger partial charge on any atom is -0.362 e. The van der Waals surface area contributed by atoms with E-state index < -0.39 is 0 Å². The minimum atomic E-state index is 0.236. The number of anilines is 2. The Labute approximate surface area is 117 Å². The quantitative estimate of drug-likeness (QED) is 0.578. The summed E-state index contributed by atoms with van der Waals surface area (Å²) in [5.41, 5.74) is 2.56. The van der Waals surface area contributed by atoms with Crippen molar-refractivity contribution in [2.45, 2.75) is 26.8 Å². The molecule has 0 aromatic carbocycles. The Bertz CT molecular complexity index is 524. The van der Waals surface area contributed by atoms with E-state index >= 15 is 0 Å². The van der Waals surface area contributed by atoms with Crippen LogP contribution in [0.4, 0.5) is 11.6 Å². The van der Waals surface area contributed by atoms with Gasteiger partial charge in [0.1, 0.15) is 17.5 Å². The van der Waals surface area contributed by atoms with E-state index in [1.165, 1.54) is 4.88 Å². The predicted octanol–water partition coefficient (Wildman–Crippen LogP) is 2.94. The molecular formula is C13H19N5S. The third-order valence-electron chi connectivity index (χ3n) is 2.81. The zero-order valence-electron chi connectivity index (χ0n) is 11.3. The summed E-state index contributed by atoms with van der Waals surface area (Å²) >= 11 is 1.75. The Kier molecular flexibility index (Phi) is 4.34. The van der Waals surface area contributed by atoms with Crippen molar-refractivity contribution in [3.63, 3.8) is 0 Å². The van der Waals surface area contributed by atoms with Gasteiger partial charge >= 0.3 is 0 Å². The number of thiophene rings is 1. The maximum Gasteiger partial charge on any atom is 0.145 e. The number of aryl methyl sites for hydroxylation is 1. The molecule has 2 rings (SSSR count). The van der Waals surface area contributed by atoms with Gasteiger partial charge in [0, 0.05) is 10.9 Å². The smallest absolute Gasteiger partial charge is 0.145 e. The van der Waals surface area contributed by atoms with E-state index in [2.05, 4.69) is 52.1 Å². The number of rotatable bonds is 5. The molecule has 0 saturated carbocycles. The zero-order valence-corrected chi connectivity index (χ0v) is 12.2. The fourth-order valence-electron chi connectivity index (χ4n) is 1.91. The van der Waals surface area contributed by atoms with Gasteiger partial charge in [0.2, 0.25) is 0 Å². The highest BCUT2D eigenvalue weighted by atomic mass is 32.1. The molecule has 0 aliphatic carbocycles. The van der Waals surface area contributed by atoms with Crippen LogP contribution in [-0.2, 0) is 0 Å². The van der Waals surface area contributed by atoms with E-state index in [1.54, 1.807) is 11.3 Å². The number of hydrazine groups is 1. The van der Waals surface area contributed by atoms with Crippen molar-refractivity contribution < 1.29 is 0 Å². The van der Waals surface area contributed by atoms with Crippen LogP contribution < -0.4 is 16.6 Å². The average molecular weight is 277 g/mol. The monoisotopic (exact) mass is 277 g/mol. The maximum absolute atomic E-state index is 5.41. The molecule has 0 amide bonds. The van der Waals surface area contributed by atoms with Crippen LogP contribution in [0.3, 0.4) is 0 Å². The second kappa shape index (κ2) is 5.99. The SMILES string of the molecule is Cc1nc(NN)cc(NC(c2cccs2)C(C)C)n1. The third kappa shape index (κ3) is 3.42. The van der Waals surface area contributed by atoms with Gasteiger partial charge in [-0.25, -0.2) is 15.8 Å². The van der Waals surface area contributed by atoms with E-state index in [1.807, 2.05) is 13.0 Å². The molecule has 5 nitrogen and oxygen atoms in total. The summed E-state index contributed by atoms with van der Waals surface area (Å²) in [7, 11) is 0. The van der Waals surface area contributed by atoms with E-state index in [9.17, 15) is 0 Å². The average Bonchev–Trinajstić information content (AvgIpc) is 2.88. The van der Waals surface area contributed by atoms with Crippen LogP contribution in [0.1, 0.15) is 30.6 Å². The van der Waals surface area contributed by atoms with Gasteiger partial charge in [-0.1, -0.05) is 19.9 Å². The number of aromatic nitrogens is 2. The highest BCUT2D eigenvalue weighted by molar-refractivity contribution is 7.10. The Morgan fingerprint density at radius 1 is 1.26 bits per heavy atom. The molecule has 0 bridgehead atoms. The van der Waals surface area contributed by atoms with Crippen LogP contribution in [0.2, 0.25) is 0 Å². The van der Waals surface area contributed by atoms with Gasteiger partial charge in [-0.2, -0.15) is 0 Å². The molecule has 6 heteroatoms. The molecule has 0 aliphatic rings. The Hall–Kier alpha value is -1.66. The standard InChI is InChI=1S/C13H19N5S/c1-8(2)13(10-5-4-6-19-10)17-11-7-12(18-14)16-9(3)15-11/h4-8,13H,14H2,1-3H3,(H2,15,16,17,18). The van der Waals surface area contributed by atoms with Gasteiger partial charge in [-0.15, -0.1) is 11.3 Å². The van der Waals surface area contributed by atoms with Crippen molar-refractivity contribution in [1.29, 1.82) is 0 Å². The fourth-order valence-corrected chi connectivity index (χ4v) is 2.86. The van der Waals surface area contributed by atoms with Crippen LogP contribution >= 0.6 is 11.3 Å². The summed E-state index contributed by atoms with van der Waals surface area (Å²) in [6.45, 7) is 6.22. The normalized spacial score (nSPS) is 12.5. The summed E-state index contributed by atoms with van der Waals surface area (Å²) in [5, 5.41) is 5.55. The molecule has 1 unspecified atom stereocenters. The van der Waals surface area contributed by atoms with Crippen molar-refractivity contribution in [2.24, 2.45) is 11.8 Å². The predicted molar refractivity (Wildman–Crippen MR) is 80.1 cm³/mol. The molecule has 2 heterocycles. The summed E-state index contributed by atoms with van der Waals surface area (Å²) < 4.78 is 0. The van der Waals surface area contributed by atoms with Gasteiger partial charge in [0.05, 0.1) is 6.04 Å². The zero-order chi connectivity index (χ0) is 13.8. The largest absolute Gasteiger partial charge is 0.362 e. The first-order valence-electron chi connectivity index (χ1n) is 6.22. The molecular weight excluding hydrogens is 258 g/mol. The topological polar surface area (TPSA) is 75.9 Å². The highest BCUT2D eigenvalue weighted by Gasteiger charge is 2.17. The third-order valence-corrected chi connectivity index (χ3v) is 3.76. The molecule has 0 radical (unpaired) electrons. The Balaban J connectivity index is 2.24. The molecule has 1 atom stereocenters.